The molecule has 55 heavy (non-hydrogen) atoms. The van der Waals surface area contributed by atoms with E-state index in [4.69, 9.17) is 43.8 Å². The van der Waals surface area contributed by atoms with E-state index >= 15 is 0 Å². The third-order valence-corrected chi connectivity index (χ3v) is 19.0. The van der Waals surface area contributed by atoms with Gasteiger partial charge in [-0.1, -0.05) is 39.9 Å². The quantitative estimate of drug-likeness (QED) is 0.115. The van der Waals surface area contributed by atoms with Gasteiger partial charge in [0.05, 0.1) is 37.4 Å². The van der Waals surface area contributed by atoms with Gasteiger partial charge in [-0.05, 0) is 54.8 Å². The number of anilines is 1. The molecule has 2 bridgehead atoms. The third kappa shape index (κ3) is 7.43. The number of aryl methyl sites for hydroxylation is 1. The molecule has 18 nitrogen and oxygen atoms in total. The maximum atomic E-state index is 14.3. The molecule has 300 valence electrons. The van der Waals surface area contributed by atoms with Gasteiger partial charge in [-0.25, -0.2) is 24.5 Å². The summed E-state index contributed by atoms with van der Waals surface area (Å²) in [5, 5.41) is 4.06. The van der Waals surface area contributed by atoms with Crippen LogP contribution < -0.4 is 10.9 Å². The van der Waals surface area contributed by atoms with Crippen LogP contribution in [0, 0.1) is 5.92 Å². The Morgan fingerprint density at radius 2 is 1.82 bits per heavy atom. The van der Waals surface area contributed by atoms with Crippen LogP contribution in [0.5, 0.6) is 0 Å². The van der Waals surface area contributed by atoms with Crippen LogP contribution in [0.25, 0.3) is 22.2 Å². The Kier molecular flexibility index (Phi) is 10.6. The van der Waals surface area contributed by atoms with Crippen LogP contribution in [-0.4, -0.2) is 97.5 Å². The predicted octanol–water partition coefficient (Wildman–Crippen LogP) is 5.21. The molecule has 0 saturated carbocycles. The first-order valence-electron chi connectivity index (χ1n) is 18.3. The second kappa shape index (κ2) is 14.6. The summed E-state index contributed by atoms with van der Waals surface area (Å²) < 4.78 is 62.9. The highest BCUT2D eigenvalue weighted by atomic mass is 32.7. The molecule has 4 aliphatic heterocycles. The van der Waals surface area contributed by atoms with E-state index in [2.05, 4.69) is 76.4 Å². The molecule has 0 spiro atoms. The van der Waals surface area contributed by atoms with Crippen molar-refractivity contribution in [3.05, 3.63) is 41.1 Å². The number of hydrogen-bond acceptors (Lipinski definition) is 15. The first-order chi connectivity index (χ1) is 26.0. The molecule has 3 saturated heterocycles. The van der Waals surface area contributed by atoms with E-state index in [1.807, 2.05) is 17.7 Å². The Labute approximate surface area is 328 Å². The van der Waals surface area contributed by atoms with Crippen molar-refractivity contribution in [2.75, 3.05) is 25.1 Å². The molecule has 0 radical (unpaired) electrons. The van der Waals surface area contributed by atoms with Gasteiger partial charge in [0.2, 0.25) is 0 Å². The number of nitrogens with zero attached hydrogens (tertiary/aromatic N) is 6. The van der Waals surface area contributed by atoms with Gasteiger partial charge in [0.15, 0.2) is 31.9 Å². The standard InChI is InChI=1S/C32H46N8O10P2S2Si/c1-7-18-19-12-44-52(43,54)49-24-20(13-45-51(42,53)48-23(18)30(46-19)40-16-38-22-28(40)36-15-37-29(22)41)47-31(25(24)50-55(5,6)32(2,3)4)39-11-17-9-8-10-33-26-21(17)27(39)35-14-34-26/h11,14-16,18-20,23-25,30-31H,7-10,12-13H2,1-6H3,(H,42,53)(H,43,54)(H,33,34,35)(H,36,37,41)/t18-,19?,20-,23-,24-,25-,30-,31-,51?,52?/m1/s1. The molecule has 4 aromatic heterocycles. The van der Waals surface area contributed by atoms with Crippen LogP contribution in [0.1, 0.15) is 58.6 Å². The van der Waals surface area contributed by atoms with E-state index in [0.29, 0.717) is 12.1 Å². The summed E-state index contributed by atoms with van der Waals surface area (Å²) in [5.41, 5.74) is 1.56. The molecule has 3 N–H and O–H groups in total. The molecule has 0 aliphatic carbocycles. The third-order valence-electron chi connectivity index (χ3n) is 11.3. The topological polar surface area (TPSA) is 208 Å². The molecule has 10 atom stereocenters. The zero-order chi connectivity index (χ0) is 39.1. The van der Waals surface area contributed by atoms with Crippen molar-refractivity contribution in [1.82, 2.24) is 34.1 Å². The summed E-state index contributed by atoms with van der Waals surface area (Å²) in [4.78, 5) is 44.5. The number of rotatable bonds is 5. The number of hydrogen-bond donors (Lipinski definition) is 4. The first kappa shape index (κ1) is 39.7. The summed E-state index contributed by atoms with van der Waals surface area (Å²) in [5.74, 6) is 0.279. The van der Waals surface area contributed by atoms with Crippen LogP contribution in [0.2, 0.25) is 18.1 Å². The van der Waals surface area contributed by atoms with E-state index in [9.17, 15) is 14.3 Å². The van der Waals surface area contributed by atoms with Gasteiger partial charge in [0.1, 0.15) is 42.2 Å². The lowest BCUT2D eigenvalue weighted by molar-refractivity contribution is -0.0581. The lowest BCUT2D eigenvalue weighted by Gasteiger charge is -2.41. The van der Waals surface area contributed by atoms with Crippen molar-refractivity contribution in [2.45, 2.75) is 108 Å². The number of aromatic nitrogens is 7. The zero-order valence-corrected chi connectivity index (χ0v) is 35.7. The minimum absolute atomic E-state index is 0.0868. The summed E-state index contributed by atoms with van der Waals surface area (Å²) in [6.07, 6.45) is 1.95. The molecule has 0 amide bonds. The fourth-order valence-electron chi connectivity index (χ4n) is 7.55. The number of H-pyrrole nitrogens is 1. The summed E-state index contributed by atoms with van der Waals surface area (Å²) in [6.45, 7) is 4.49. The highest BCUT2D eigenvalue weighted by molar-refractivity contribution is 8.44. The predicted molar refractivity (Wildman–Crippen MR) is 211 cm³/mol. The van der Waals surface area contributed by atoms with Gasteiger partial charge in [-0.15, -0.1) is 0 Å². The highest BCUT2D eigenvalue weighted by Crippen LogP contribution is 2.60. The first-order valence-corrected chi connectivity index (χ1v) is 26.4. The van der Waals surface area contributed by atoms with Crippen LogP contribution in [-0.2, 0) is 54.8 Å². The number of fused-ring (bicyclic) bond motifs is 4. The number of aromatic amines is 1. The molecular weight excluding hydrogens is 811 g/mol. The Hall–Kier alpha value is -2.10. The van der Waals surface area contributed by atoms with Crippen molar-refractivity contribution < 1.29 is 41.5 Å². The maximum Gasteiger partial charge on any atom is 0.386 e. The Morgan fingerprint density at radius 3 is 2.58 bits per heavy atom. The number of ether oxygens (including phenoxy) is 2. The fraction of sp³-hybridized carbons (Fsp3) is 0.656. The second-order valence-corrected chi connectivity index (χ2v) is 26.2. The summed E-state index contributed by atoms with van der Waals surface area (Å²) >= 11 is 10.1. The minimum atomic E-state index is -4.19. The van der Waals surface area contributed by atoms with E-state index < -0.39 is 76.3 Å². The molecule has 4 aliphatic rings. The van der Waals surface area contributed by atoms with Crippen LogP contribution in [0.4, 0.5) is 5.82 Å². The molecule has 23 heteroatoms. The van der Waals surface area contributed by atoms with Gasteiger partial charge in [0.25, 0.3) is 5.56 Å². The largest absolute Gasteiger partial charge is 0.407 e. The highest BCUT2D eigenvalue weighted by Gasteiger charge is 2.55. The second-order valence-electron chi connectivity index (χ2n) is 15.8. The average Bonchev–Trinajstić information content (AvgIpc) is 3.83. The normalized spacial score (nSPS) is 34.8. The Morgan fingerprint density at radius 1 is 1.05 bits per heavy atom. The van der Waals surface area contributed by atoms with Crippen molar-refractivity contribution >= 4 is 73.9 Å². The van der Waals surface area contributed by atoms with Crippen LogP contribution in [0.3, 0.4) is 0 Å². The van der Waals surface area contributed by atoms with Gasteiger partial charge in [0, 0.05) is 18.7 Å². The maximum absolute atomic E-state index is 14.3. The van der Waals surface area contributed by atoms with Gasteiger partial charge < -0.3 is 38.2 Å². The lowest BCUT2D eigenvalue weighted by Crippen LogP contribution is -2.49. The minimum Gasteiger partial charge on any atom is -0.407 e. The molecule has 0 aromatic carbocycles. The molecule has 8 rings (SSSR count). The SMILES string of the molecule is CC[C@@H]1C2COP(O)(=S)O[C@H]3[C@@H](O[Si](C)(C)C(C)(C)C)[C@H](n4cc5c6c(ncnc64)NCCC5)O[C@@H]3COP(=O)(S)O[C@H]1[C@H](n1cnc3c(=O)[nH]cnc31)O2. The average molecular weight is 857 g/mol. The van der Waals surface area contributed by atoms with E-state index in [-0.39, 0.29) is 29.4 Å². The number of imidazole rings is 1. The monoisotopic (exact) mass is 856 g/mol. The summed E-state index contributed by atoms with van der Waals surface area (Å²) in [7, 11) is -2.58. The molecule has 8 heterocycles. The Bertz CT molecular complexity index is 2250. The zero-order valence-electron chi connectivity index (χ0n) is 31.2. The van der Waals surface area contributed by atoms with Gasteiger partial charge in [-0.2, -0.15) is 0 Å². The molecule has 3 fully saturated rings. The van der Waals surface area contributed by atoms with Crippen LogP contribution in [0.15, 0.2) is 30.0 Å². The molecule has 4 aromatic rings. The van der Waals surface area contributed by atoms with Gasteiger partial charge >= 0.3 is 13.5 Å². The lowest BCUT2D eigenvalue weighted by atomic mass is 9.95. The van der Waals surface area contributed by atoms with E-state index in [0.717, 1.165) is 36.2 Å². The van der Waals surface area contributed by atoms with Crippen molar-refractivity contribution in [1.29, 1.82) is 0 Å². The number of thiol groups is 1. The fourth-order valence-corrected chi connectivity index (χ4v) is 11.8. The summed E-state index contributed by atoms with van der Waals surface area (Å²) in [6, 6.07) is 0. The van der Waals surface area contributed by atoms with Crippen molar-refractivity contribution in [3.8, 4) is 0 Å². The van der Waals surface area contributed by atoms with Crippen molar-refractivity contribution in [3.63, 3.8) is 0 Å². The molecular formula is C32H46N8O10P2S2Si. The van der Waals surface area contributed by atoms with E-state index in [1.165, 1.54) is 23.5 Å². The van der Waals surface area contributed by atoms with Crippen molar-refractivity contribution in [2.24, 2.45) is 5.92 Å². The number of nitrogens with one attached hydrogen (secondary N) is 2. The smallest absolute Gasteiger partial charge is 0.386 e. The van der Waals surface area contributed by atoms with Gasteiger partial charge in [-0.3, -0.25) is 22.9 Å². The van der Waals surface area contributed by atoms with Crippen LogP contribution >= 0.6 is 25.8 Å². The van der Waals surface area contributed by atoms with E-state index in [1.54, 1.807) is 0 Å². The Balaban J connectivity index is 1.18. The molecule has 3 unspecified atom stereocenters.